The number of carbonyl (C=O) groups excluding carboxylic acids is 1. The summed E-state index contributed by atoms with van der Waals surface area (Å²) in [6.07, 6.45) is 4.87. The summed E-state index contributed by atoms with van der Waals surface area (Å²) in [5.74, 6) is -2.93. The second kappa shape index (κ2) is 8.74. The molecule has 0 unspecified atom stereocenters. The summed E-state index contributed by atoms with van der Waals surface area (Å²) in [7, 11) is 0. The number of amides is 1. The van der Waals surface area contributed by atoms with Crippen molar-refractivity contribution in [3.8, 4) is 5.75 Å². The highest BCUT2D eigenvalue weighted by Gasteiger charge is 2.23. The Balaban J connectivity index is 1.96. The van der Waals surface area contributed by atoms with Crippen molar-refractivity contribution in [2.75, 3.05) is 19.8 Å². The number of fused-ring (bicyclic) bond motifs is 1. The molecule has 3 aromatic rings. The van der Waals surface area contributed by atoms with Gasteiger partial charge in [-0.05, 0) is 31.5 Å². The average molecular weight is 418 g/mol. The predicted octanol–water partition coefficient (Wildman–Crippen LogP) is 2.85. The van der Waals surface area contributed by atoms with Crippen LogP contribution in [0.5, 0.6) is 5.75 Å². The van der Waals surface area contributed by atoms with Gasteiger partial charge in [-0.15, -0.1) is 0 Å². The first-order chi connectivity index (χ1) is 14.2. The van der Waals surface area contributed by atoms with E-state index >= 15 is 0 Å². The van der Waals surface area contributed by atoms with Crippen LogP contribution in [0.25, 0.3) is 11.0 Å². The van der Waals surface area contributed by atoms with Crippen molar-refractivity contribution in [1.82, 2.24) is 19.9 Å². The van der Waals surface area contributed by atoms with Crippen LogP contribution in [0.3, 0.4) is 0 Å². The Morgan fingerprint density at radius 3 is 2.80 bits per heavy atom. The highest BCUT2D eigenvalue weighted by atomic mass is 19.3. The molecule has 0 aliphatic heterocycles. The average Bonchev–Trinajstić information content (AvgIpc) is 3.03. The molecule has 3 aromatic heterocycles. The van der Waals surface area contributed by atoms with Crippen molar-refractivity contribution in [3.63, 3.8) is 0 Å². The Kier molecular flexibility index (Phi) is 6.31. The molecule has 30 heavy (non-hydrogen) atoms. The SMILES string of the molecule is Cc1cnc2c(C(=O)NCCO)cn(Cc3nccc(OCC(C)(F)F)c3C)c2c1. The molecule has 0 saturated heterocycles. The summed E-state index contributed by atoms with van der Waals surface area (Å²) < 4.78 is 33.4. The molecule has 0 aliphatic rings. The van der Waals surface area contributed by atoms with Gasteiger partial charge >= 0.3 is 0 Å². The fraction of sp³-hybridized carbons (Fsp3) is 0.381. The van der Waals surface area contributed by atoms with E-state index in [-0.39, 0.29) is 19.1 Å². The molecule has 0 bridgehead atoms. The summed E-state index contributed by atoms with van der Waals surface area (Å²) in [5.41, 5.74) is 3.87. The standard InChI is InChI=1S/C21H24F2N4O3/c1-13-8-17-19(26-9-13)15(20(29)25-6-7-28)10-27(17)11-16-14(2)18(4-5-24-16)30-12-21(3,22)23/h4-5,8-10,28H,6-7,11-12H2,1-3H3,(H,25,29). The number of aryl methyl sites for hydroxylation is 1. The lowest BCUT2D eigenvalue weighted by atomic mass is 10.2. The molecule has 9 heteroatoms. The zero-order valence-electron chi connectivity index (χ0n) is 17.1. The highest BCUT2D eigenvalue weighted by molar-refractivity contribution is 6.05. The lowest BCUT2D eigenvalue weighted by Gasteiger charge is -2.15. The summed E-state index contributed by atoms with van der Waals surface area (Å²) in [6.45, 7) is 4.02. The number of hydrogen-bond donors (Lipinski definition) is 2. The van der Waals surface area contributed by atoms with E-state index in [1.807, 2.05) is 17.6 Å². The number of nitrogens with one attached hydrogen (secondary N) is 1. The molecule has 2 N–H and O–H groups in total. The molecule has 7 nitrogen and oxygen atoms in total. The molecular weight excluding hydrogens is 394 g/mol. The van der Waals surface area contributed by atoms with E-state index in [0.717, 1.165) is 18.0 Å². The number of rotatable bonds is 8. The van der Waals surface area contributed by atoms with Gasteiger partial charge in [0.05, 0.1) is 29.9 Å². The monoisotopic (exact) mass is 418 g/mol. The number of aliphatic hydroxyl groups is 1. The number of halogens is 2. The van der Waals surface area contributed by atoms with Gasteiger partial charge in [-0.25, -0.2) is 8.78 Å². The largest absolute Gasteiger partial charge is 0.487 e. The third kappa shape index (κ3) is 4.91. The quantitative estimate of drug-likeness (QED) is 0.587. The fourth-order valence-corrected chi connectivity index (χ4v) is 3.07. The molecule has 0 aliphatic carbocycles. The van der Waals surface area contributed by atoms with Crippen molar-refractivity contribution in [1.29, 1.82) is 0 Å². The summed E-state index contributed by atoms with van der Waals surface area (Å²) in [5, 5.41) is 11.6. The Hall–Kier alpha value is -3.07. The van der Waals surface area contributed by atoms with Crippen LogP contribution in [0.1, 0.15) is 34.1 Å². The second-order valence-electron chi connectivity index (χ2n) is 7.27. The Labute approximate surface area is 172 Å². The number of alkyl halides is 2. The van der Waals surface area contributed by atoms with Gasteiger partial charge in [-0.2, -0.15) is 0 Å². The first-order valence-electron chi connectivity index (χ1n) is 9.49. The van der Waals surface area contributed by atoms with E-state index < -0.39 is 12.5 Å². The minimum absolute atomic E-state index is 0.138. The van der Waals surface area contributed by atoms with E-state index in [0.29, 0.717) is 34.6 Å². The molecule has 160 valence electrons. The summed E-state index contributed by atoms with van der Waals surface area (Å²) in [6, 6.07) is 3.47. The summed E-state index contributed by atoms with van der Waals surface area (Å²) >= 11 is 0. The zero-order chi connectivity index (χ0) is 21.9. The molecule has 0 radical (unpaired) electrons. The lowest BCUT2D eigenvalue weighted by molar-refractivity contribution is -0.0231. The zero-order valence-corrected chi connectivity index (χ0v) is 17.1. The number of carbonyl (C=O) groups is 1. The van der Waals surface area contributed by atoms with Crippen molar-refractivity contribution >= 4 is 16.9 Å². The number of aliphatic hydroxyl groups excluding tert-OH is 1. The van der Waals surface area contributed by atoms with Gasteiger partial charge in [0.1, 0.15) is 11.3 Å². The van der Waals surface area contributed by atoms with E-state index in [1.165, 1.54) is 6.20 Å². The molecule has 0 saturated carbocycles. The van der Waals surface area contributed by atoms with Gasteiger partial charge in [0.25, 0.3) is 11.8 Å². The number of pyridine rings is 2. The van der Waals surface area contributed by atoms with Crippen LogP contribution in [0, 0.1) is 13.8 Å². The Morgan fingerprint density at radius 1 is 1.33 bits per heavy atom. The van der Waals surface area contributed by atoms with Crippen LogP contribution in [0.2, 0.25) is 0 Å². The lowest BCUT2D eigenvalue weighted by Crippen LogP contribution is -2.26. The third-order valence-corrected chi connectivity index (χ3v) is 4.56. The van der Waals surface area contributed by atoms with Crippen LogP contribution in [-0.4, -0.2) is 51.2 Å². The molecule has 3 rings (SSSR count). The van der Waals surface area contributed by atoms with Crippen molar-refractivity contribution < 1.29 is 23.4 Å². The molecule has 0 fully saturated rings. The number of ether oxygens (including phenoxy) is 1. The van der Waals surface area contributed by atoms with E-state index in [9.17, 15) is 13.6 Å². The number of nitrogens with zero attached hydrogens (tertiary/aromatic N) is 3. The second-order valence-corrected chi connectivity index (χ2v) is 7.27. The van der Waals surface area contributed by atoms with Gasteiger partial charge < -0.3 is 19.7 Å². The van der Waals surface area contributed by atoms with Gasteiger partial charge in [-0.3, -0.25) is 14.8 Å². The van der Waals surface area contributed by atoms with Crippen molar-refractivity contribution in [3.05, 3.63) is 53.1 Å². The molecular formula is C21H24F2N4O3. The van der Waals surface area contributed by atoms with Crippen LogP contribution >= 0.6 is 0 Å². The van der Waals surface area contributed by atoms with E-state index in [2.05, 4.69) is 15.3 Å². The molecule has 0 aromatic carbocycles. The van der Waals surface area contributed by atoms with Crippen LogP contribution in [-0.2, 0) is 6.54 Å². The molecule has 0 spiro atoms. The highest BCUT2D eigenvalue weighted by Crippen LogP contribution is 2.26. The first-order valence-corrected chi connectivity index (χ1v) is 9.49. The van der Waals surface area contributed by atoms with Gasteiger partial charge in [0.2, 0.25) is 0 Å². The van der Waals surface area contributed by atoms with E-state index in [4.69, 9.17) is 9.84 Å². The Morgan fingerprint density at radius 2 is 2.10 bits per heavy atom. The van der Waals surface area contributed by atoms with Crippen molar-refractivity contribution in [2.24, 2.45) is 0 Å². The minimum atomic E-state index is -2.94. The Bertz CT molecular complexity index is 1060. The molecule has 3 heterocycles. The normalized spacial score (nSPS) is 11.7. The third-order valence-electron chi connectivity index (χ3n) is 4.56. The topological polar surface area (TPSA) is 89.3 Å². The maximum atomic E-state index is 13.2. The van der Waals surface area contributed by atoms with Crippen LogP contribution in [0.15, 0.2) is 30.7 Å². The fourth-order valence-electron chi connectivity index (χ4n) is 3.07. The van der Waals surface area contributed by atoms with Crippen molar-refractivity contribution in [2.45, 2.75) is 33.2 Å². The van der Waals surface area contributed by atoms with Gasteiger partial charge in [-0.1, -0.05) is 0 Å². The minimum Gasteiger partial charge on any atom is -0.487 e. The summed E-state index contributed by atoms with van der Waals surface area (Å²) in [4.78, 5) is 21.3. The van der Waals surface area contributed by atoms with Gasteiger partial charge in [0.15, 0.2) is 6.61 Å². The van der Waals surface area contributed by atoms with Gasteiger partial charge in [0, 0.05) is 37.6 Å². The van der Waals surface area contributed by atoms with Crippen LogP contribution < -0.4 is 10.1 Å². The maximum Gasteiger partial charge on any atom is 0.278 e. The van der Waals surface area contributed by atoms with Crippen LogP contribution in [0.4, 0.5) is 8.78 Å². The first kappa shape index (κ1) is 21.6. The number of aromatic nitrogens is 3. The molecule has 0 atom stereocenters. The maximum absolute atomic E-state index is 13.2. The number of hydrogen-bond acceptors (Lipinski definition) is 5. The smallest absolute Gasteiger partial charge is 0.278 e. The predicted molar refractivity (Wildman–Crippen MR) is 108 cm³/mol. The van der Waals surface area contributed by atoms with E-state index in [1.54, 1.807) is 25.4 Å². The molecule has 1 amide bonds.